The maximum Gasteiger partial charge on any atom is 0.0320 e. The SMILES string of the molecule is c1cc(C2CCCC2)cc(C2CCCN2)c1. The molecule has 16 heavy (non-hydrogen) atoms. The third-order valence-corrected chi connectivity index (χ3v) is 4.20. The fourth-order valence-corrected chi connectivity index (χ4v) is 3.26. The van der Waals surface area contributed by atoms with Crippen molar-refractivity contribution in [2.45, 2.75) is 50.5 Å². The maximum absolute atomic E-state index is 3.59. The largest absolute Gasteiger partial charge is 0.310 e. The molecule has 1 atom stereocenters. The van der Waals surface area contributed by atoms with Gasteiger partial charge in [0.15, 0.2) is 0 Å². The molecule has 1 saturated carbocycles. The molecule has 2 fully saturated rings. The monoisotopic (exact) mass is 215 g/mol. The summed E-state index contributed by atoms with van der Waals surface area (Å²) in [6.45, 7) is 1.19. The van der Waals surface area contributed by atoms with Crippen LogP contribution in [0.25, 0.3) is 0 Å². The van der Waals surface area contributed by atoms with Gasteiger partial charge in [0.05, 0.1) is 0 Å². The van der Waals surface area contributed by atoms with Crippen LogP contribution in [0.4, 0.5) is 0 Å². The topological polar surface area (TPSA) is 12.0 Å². The molecule has 0 aromatic heterocycles. The van der Waals surface area contributed by atoms with Crippen LogP contribution in [0, 0.1) is 0 Å². The van der Waals surface area contributed by atoms with Crippen LogP contribution >= 0.6 is 0 Å². The molecule has 0 amide bonds. The molecule has 1 nitrogen and oxygen atoms in total. The van der Waals surface area contributed by atoms with Crippen LogP contribution < -0.4 is 5.32 Å². The molecule has 1 unspecified atom stereocenters. The summed E-state index contributed by atoms with van der Waals surface area (Å²) in [4.78, 5) is 0. The van der Waals surface area contributed by atoms with Crippen LogP contribution in [-0.4, -0.2) is 6.54 Å². The maximum atomic E-state index is 3.59. The zero-order chi connectivity index (χ0) is 10.8. The Bertz CT molecular complexity index is 315. The van der Waals surface area contributed by atoms with Crippen LogP contribution in [-0.2, 0) is 0 Å². The molecule has 1 aliphatic carbocycles. The van der Waals surface area contributed by atoms with E-state index in [1.54, 1.807) is 5.56 Å². The normalized spacial score (nSPS) is 26.4. The summed E-state index contributed by atoms with van der Waals surface area (Å²) in [5.41, 5.74) is 3.10. The van der Waals surface area contributed by atoms with Crippen molar-refractivity contribution in [2.24, 2.45) is 0 Å². The zero-order valence-electron chi connectivity index (χ0n) is 9.91. The summed E-state index contributed by atoms with van der Waals surface area (Å²) in [6.07, 6.45) is 8.31. The molecule has 3 rings (SSSR count). The van der Waals surface area contributed by atoms with Crippen molar-refractivity contribution >= 4 is 0 Å². The van der Waals surface area contributed by atoms with Gasteiger partial charge in [-0.3, -0.25) is 0 Å². The van der Waals surface area contributed by atoms with Gasteiger partial charge in [0, 0.05) is 6.04 Å². The lowest BCUT2D eigenvalue weighted by Gasteiger charge is -2.15. The summed E-state index contributed by atoms with van der Waals surface area (Å²) in [7, 11) is 0. The first kappa shape index (κ1) is 10.3. The Hall–Kier alpha value is -0.820. The first-order chi connectivity index (χ1) is 7.93. The molecule has 86 valence electrons. The van der Waals surface area contributed by atoms with Gasteiger partial charge in [-0.1, -0.05) is 37.1 Å². The Labute approximate surface area is 98.3 Å². The highest BCUT2D eigenvalue weighted by molar-refractivity contribution is 5.29. The first-order valence-corrected chi connectivity index (χ1v) is 6.77. The molecule has 1 heteroatoms. The molecule has 0 radical (unpaired) electrons. The average Bonchev–Trinajstić information content (AvgIpc) is 3.03. The lowest BCUT2D eigenvalue weighted by atomic mass is 9.94. The quantitative estimate of drug-likeness (QED) is 0.792. The van der Waals surface area contributed by atoms with Crippen molar-refractivity contribution in [1.29, 1.82) is 0 Å². The Morgan fingerprint density at radius 3 is 2.50 bits per heavy atom. The van der Waals surface area contributed by atoms with Gasteiger partial charge in [-0.2, -0.15) is 0 Å². The minimum atomic E-state index is 0.626. The second-order valence-corrected chi connectivity index (χ2v) is 5.30. The third kappa shape index (κ3) is 2.01. The van der Waals surface area contributed by atoms with Crippen molar-refractivity contribution < 1.29 is 0 Å². The second kappa shape index (κ2) is 4.58. The number of nitrogens with one attached hydrogen (secondary N) is 1. The molecule has 1 aromatic rings. The van der Waals surface area contributed by atoms with Gasteiger partial charge in [-0.25, -0.2) is 0 Å². The molecule has 1 saturated heterocycles. The average molecular weight is 215 g/mol. The Balaban J connectivity index is 1.81. The smallest absolute Gasteiger partial charge is 0.0320 e. The van der Waals surface area contributed by atoms with Gasteiger partial charge in [-0.05, 0) is 49.3 Å². The van der Waals surface area contributed by atoms with Gasteiger partial charge in [0.1, 0.15) is 0 Å². The van der Waals surface area contributed by atoms with Gasteiger partial charge < -0.3 is 5.32 Å². The summed E-state index contributed by atoms with van der Waals surface area (Å²) < 4.78 is 0. The van der Waals surface area contributed by atoms with E-state index >= 15 is 0 Å². The minimum absolute atomic E-state index is 0.626. The molecular weight excluding hydrogens is 194 g/mol. The van der Waals surface area contributed by atoms with E-state index < -0.39 is 0 Å². The molecule has 0 bridgehead atoms. The number of rotatable bonds is 2. The van der Waals surface area contributed by atoms with Crippen LogP contribution in [0.15, 0.2) is 24.3 Å². The van der Waals surface area contributed by atoms with Crippen molar-refractivity contribution in [3.05, 3.63) is 35.4 Å². The van der Waals surface area contributed by atoms with E-state index in [4.69, 9.17) is 0 Å². The van der Waals surface area contributed by atoms with Crippen molar-refractivity contribution in [2.75, 3.05) is 6.54 Å². The highest BCUT2D eigenvalue weighted by Gasteiger charge is 2.20. The molecule has 0 spiro atoms. The van der Waals surface area contributed by atoms with Crippen molar-refractivity contribution in [1.82, 2.24) is 5.32 Å². The molecule has 1 N–H and O–H groups in total. The van der Waals surface area contributed by atoms with Crippen LogP contribution in [0.1, 0.15) is 61.6 Å². The van der Waals surface area contributed by atoms with Crippen LogP contribution in [0.3, 0.4) is 0 Å². The zero-order valence-corrected chi connectivity index (χ0v) is 9.91. The van der Waals surface area contributed by atoms with Crippen molar-refractivity contribution in [3.8, 4) is 0 Å². The summed E-state index contributed by atoms with van der Waals surface area (Å²) in [6, 6.07) is 9.96. The lowest BCUT2D eigenvalue weighted by molar-refractivity contribution is 0.643. The van der Waals surface area contributed by atoms with Gasteiger partial charge in [-0.15, -0.1) is 0 Å². The Morgan fingerprint density at radius 1 is 0.938 bits per heavy atom. The van der Waals surface area contributed by atoms with E-state index in [-0.39, 0.29) is 0 Å². The highest BCUT2D eigenvalue weighted by Crippen LogP contribution is 2.35. The van der Waals surface area contributed by atoms with Crippen LogP contribution in [0.5, 0.6) is 0 Å². The minimum Gasteiger partial charge on any atom is -0.310 e. The van der Waals surface area contributed by atoms with E-state index in [1.807, 2.05) is 0 Å². The molecular formula is C15H21N. The van der Waals surface area contributed by atoms with Crippen LogP contribution in [0.2, 0.25) is 0 Å². The second-order valence-electron chi connectivity index (χ2n) is 5.30. The van der Waals surface area contributed by atoms with E-state index in [1.165, 1.54) is 50.6 Å². The third-order valence-electron chi connectivity index (χ3n) is 4.20. The Morgan fingerprint density at radius 2 is 1.75 bits per heavy atom. The number of benzene rings is 1. The van der Waals surface area contributed by atoms with Gasteiger partial charge >= 0.3 is 0 Å². The predicted molar refractivity (Wildman–Crippen MR) is 67.6 cm³/mol. The fraction of sp³-hybridized carbons (Fsp3) is 0.600. The number of hydrogen-bond donors (Lipinski definition) is 1. The molecule has 1 aliphatic heterocycles. The molecule has 2 aliphatic rings. The molecule has 1 heterocycles. The van der Waals surface area contributed by atoms with Crippen molar-refractivity contribution in [3.63, 3.8) is 0 Å². The van der Waals surface area contributed by atoms with Gasteiger partial charge in [0.2, 0.25) is 0 Å². The Kier molecular flexibility index (Phi) is 2.96. The van der Waals surface area contributed by atoms with E-state index in [0.29, 0.717) is 6.04 Å². The summed E-state index contributed by atoms with van der Waals surface area (Å²) in [5.74, 6) is 0.848. The van der Waals surface area contributed by atoms with Gasteiger partial charge in [0.25, 0.3) is 0 Å². The molecule has 1 aromatic carbocycles. The standard InChI is InChI=1S/C15H21N/c1-2-6-12(5-1)13-7-3-8-14(11-13)15-9-4-10-16-15/h3,7-8,11-12,15-16H,1-2,4-6,9-10H2. The highest BCUT2D eigenvalue weighted by atomic mass is 14.9. The number of hydrogen-bond acceptors (Lipinski definition) is 1. The summed E-state index contributed by atoms with van der Waals surface area (Å²) in [5, 5.41) is 3.59. The first-order valence-electron chi connectivity index (χ1n) is 6.77. The van der Waals surface area contributed by atoms with E-state index in [9.17, 15) is 0 Å². The summed E-state index contributed by atoms with van der Waals surface area (Å²) >= 11 is 0. The predicted octanol–water partition coefficient (Wildman–Crippen LogP) is 3.77. The van der Waals surface area contributed by atoms with E-state index in [0.717, 1.165) is 5.92 Å². The lowest BCUT2D eigenvalue weighted by Crippen LogP contribution is -2.13. The fourth-order valence-electron chi connectivity index (χ4n) is 3.26. The van der Waals surface area contributed by atoms with E-state index in [2.05, 4.69) is 29.6 Å².